The van der Waals surface area contributed by atoms with Gasteiger partial charge >= 0.3 is 0 Å². The van der Waals surface area contributed by atoms with Gasteiger partial charge in [-0.25, -0.2) is 9.97 Å². The van der Waals surface area contributed by atoms with Gasteiger partial charge in [0, 0.05) is 49.7 Å². The van der Waals surface area contributed by atoms with E-state index in [0.29, 0.717) is 6.42 Å². The minimum atomic E-state index is 0.236. The van der Waals surface area contributed by atoms with Crippen molar-refractivity contribution in [2.24, 2.45) is 0 Å². The van der Waals surface area contributed by atoms with E-state index in [1.165, 1.54) is 0 Å². The molecular weight excluding hydrogens is 272 g/mol. The predicted octanol–water partition coefficient (Wildman–Crippen LogP) is 1.32. The van der Waals surface area contributed by atoms with E-state index < -0.39 is 0 Å². The molecule has 0 aliphatic carbocycles. The van der Waals surface area contributed by atoms with E-state index in [4.69, 9.17) is 0 Å². The van der Waals surface area contributed by atoms with Gasteiger partial charge in [-0.3, -0.25) is 4.79 Å². The summed E-state index contributed by atoms with van der Waals surface area (Å²) in [5.74, 6) is 0.976. The second-order valence-electron chi connectivity index (χ2n) is 5.03. The molecule has 0 spiro atoms. The Balaban J connectivity index is 1.82. The molecule has 1 fully saturated rings. The lowest BCUT2D eigenvalue weighted by molar-refractivity contribution is -0.131. The fourth-order valence-corrected chi connectivity index (χ4v) is 2.97. The van der Waals surface area contributed by atoms with Crippen LogP contribution in [0.15, 0.2) is 5.16 Å². The number of rotatable bonds is 4. The number of aromatic nitrogens is 2. The third kappa shape index (κ3) is 3.93. The van der Waals surface area contributed by atoms with Crippen LogP contribution in [0.5, 0.6) is 0 Å². The largest absolute Gasteiger partial charge is 0.340 e. The zero-order valence-corrected chi connectivity index (χ0v) is 13.2. The number of nitrogens with zero attached hydrogens (tertiary/aromatic N) is 3. The molecule has 2 heterocycles. The lowest BCUT2D eigenvalue weighted by Gasteiger charge is -2.27. The van der Waals surface area contributed by atoms with Gasteiger partial charge in [-0.05, 0) is 26.3 Å². The smallest absolute Gasteiger partial charge is 0.223 e. The van der Waals surface area contributed by atoms with Crippen molar-refractivity contribution in [3.05, 3.63) is 17.0 Å². The van der Waals surface area contributed by atoms with Crippen molar-refractivity contribution in [2.75, 3.05) is 31.9 Å². The van der Waals surface area contributed by atoms with Gasteiger partial charge in [0.1, 0.15) is 0 Å². The molecule has 1 aliphatic rings. The Bertz CT molecular complexity index is 463. The molecule has 1 aromatic heterocycles. The summed E-state index contributed by atoms with van der Waals surface area (Å²) in [5.41, 5.74) is 3.19. The normalized spacial score (nSPS) is 15.4. The van der Waals surface area contributed by atoms with E-state index >= 15 is 0 Å². The molecule has 0 unspecified atom stereocenters. The lowest BCUT2D eigenvalue weighted by atomic mass is 10.2. The zero-order valence-electron chi connectivity index (χ0n) is 12.4. The highest BCUT2D eigenvalue weighted by Crippen LogP contribution is 2.18. The highest BCUT2D eigenvalue weighted by molar-refractivity contribution is 7.99. The highest BCUT2D eigenvalue weighted by atomic mass is 32.2. The number of piperazine rings is 1. The van der Waals surface area contributed by atoms with Crippen molar-refractivity contribution in [3.8, 4) is 0 Å². The first-order valence-corrected chi connectivity index (χ1v) is 7.99. The number of nitrogens with one attached hydrogen (secondary N) is 1. The first-order valence-electron chi connectivity index (χ1n) is 7.01. The second-order valence-corrected chi connectivity index (χ2v) is 6.09. The molecule has 5 nitrogen and oxygen atoms in total. The Kier molecular flexibility index (Phi) is 5.37. The van der Waals surface area contributed by atoms with E-state index in [1.807, 2.05) is 25.7 Å². The first kappa shape index (κ1) is 15.3. The minimum Gasteiger partial charge on any atom is -0.340 e. The fourth-order valence-electron chi connectivity index (χ4n) is 2.11. The Morgan fingerprint density at radius 3 is 2.40 bits per heavy atom. The summed E-state index contributed by atoms with van der Waals surface area (Å²) >= 11 is 1.56. The summed E-state index contributed by atoms with van der Waals surface area (Å²) in [6, 6.07) is 0. The van der Waals surface area contributed by atoms with Crippen LogP contribution in [0.3, 0.4) is 0 Å². The molecule has 1 amide bonds. The summed E-state index contributed by atoms with van der Waals surface area (Å²) in [7, 11) is 0. The topological polar surface area (TPSA) is 58.1 Å². The number of aryl methyl sites for hydroxylation is 2. The molecule has 1 N–H and O–H groups in total. The summed E-state index contributed by atoms with van der Waals surface area (Å²) in [6.45, 7) is 9.48. The molecule has 110 valence electrons. The zero-order chi connectivity index (χ0) is 14.5. The quantitative estimate of drug-likeness (QED) is 0.670. The maximum absolute atomic E-state index is 12.0. The highest BCUT2D eigenvalue weighted by Gasteiger charge is 2.16. The molecule has 1 aliphatic heterocycles. The molecule has 0 atom stereocenters. The first-order chi connectivity index (χ1) is 9.58. The van der Waals surface area contributed by atoms with E-state index in [0.717, 1.165) is 54.0 Å². The number of hydrogen-bond acceptors (Lipinski definition) is 5. The Hall–Kier alpha value is -1.14. The average molecular weight is 294 g/mol. The molecule has 0 radical (unpaired) electrons. The van der Waals surface area contributed by atoms with Crippen molar-refractivity contribution in [2.45, 2.75) is 32.3 Å². The average Bonchev–Trinajstić information content (AvgIpc) is 2.45. The van der Waals surface area contributed by atoms with Gasteiger partial charge in [0.25, 0.3) is 0 Å². The molecule has 1 aromatic rings. The summed E-state index contributed by atoms with van der Waals surface area (Å²) in [5, 5.41) is 4.03. The molecule has 1 saturated heterocycles. The van der Waals surface area contributed by atoms with Gasteiger partial charge < -0.3 is 10.2 Å². The standard InChI is InChI=1S/C14H22N4OS/c1-10-11(2)16-14(17-12(10)3)20-9-4-13(19)18-7-5-15-6-8-18/h15H,4-9H2,1-3H3. The molecular formula is C14H22N4OS. The maximum Gasteiger partial charge on any atom is 0.223 e. The van der Waals surface area contributed by atoms with Crippen LogP contribution in [0.4, 0.5) is 0 Å². The molecule has 2 rings (SSSR count). The predicted molar refractivity (Wildman–Crippen MR) is 81.0 cm³/mol. The van der Waals surface area contributed by atoms with Gasteiger partial charge in [0.15, 0.2) is 5.16 Å². The SMILES string of the molecule is Cc1nc(SCCC(=O)N2CCNCC2)nc(C)c1C. The van der Waals surface area contributed by atoms with Crippen LogP contribution in [-0.4, -0.2) is 52.7 Å². The van der Waals surface area contributed by atoms with E-state index in [-0.39, 0.29) is 5.91 Å². The second kappa shape index (κ2) is 7.04. The summed E-state index contributed by atoms with van der Waals surface area (Å²) in [6.07, 6.45) is 0.556. The van der Waals surface area contributed by atoms with E-state index in [9.17, 15) is 4.79 Å². The van der Waals surface area contributed by atoms with Gasteiger partial charge in [0.05, 0.1) is 0 Å². The molecule has 20 heavy (non-hydrogen) atoms. The van der Waals surface area contributed by atoms with Gasteiger partial charge in [-0.1, -0.05) is 11.8 Å². The van der Waals surface area contributed by atoms with Gasteiger partial charge in [-0.2, -0.15) is 0 Å². The molecule has 0 bridgehead atoms. The number of carbonyl (C=O) groups excluding carboxylic acids is 1. The van der Waals surface area contributed by atoms with E-state index in [2.05, 4.69) is 15.3 Å². The summed E-state index contributed by atoms with van der Waals surface area (Å²) < 4.78 is 0. The number of thioether (sulfide) groups is 1. The van der Waals surface area contributed by atoms with Crippen molar-refractivity contribution >= 4 is 17.7 Å². The lowest BCUT2D eigenvalue weighted by Crippen LogP contribution is -2.46. The monoisotopic (exact) mass is 294 g/mol. The Labute approximate surface area is 124 Å². The minimum absolute atomic E-state index is 0.236. The molecule has 6 heteroatoms. The van der Waals surface area contributed by atoms with E-state index in [1.54, 1.807) is 11.8 Å². The Morgan fingerprint density at radius 1 is 1.20 bits per heavy atom. The molecule has 0 aromatic carbocycles. The van der Waals surface area contributed by atoms with Crippen LogP contribution in [0, 0.1) is 20.8 Å². The van der Waals surface area contributed by atoms with Crippen molar-refractivity contribution in [1.29, 1.82) is 0 Å². The maximum atomic E-state index is 12.0. The van der Waals surface area contributed by atoms with Crippen LogP contribution in [0.2, 0.25) is 0 Å². The third-order valence-corrected chi connectivity index (χ3v) is 4.48. The van der Waals surface area contributed by atoms with Crippen LogP contribution >= 0.6 is 11.8 Å². The Morgan fingerprint density at radius 2 is 1.80 bits per heavy atom. The van der Waals surface area contributed by atoms with Crippen LogP contribution in [-0.2, 0) is 4.79 Å². The van der Waals surface area contributed by atoms with Crippen LogP contribution in [0.25, 0.3) is 0 Å². The number of amides is 1. The van der Waals surface area contributed by atoms with Gasteiger partial charge in [-0.15, -0.1) is 0 Å². The summed E-state index contributed by atoms with van der Waals surface area (Å²) in [4.78, 5) is 22.9. The van der Waals surface area contributed by atoms with Crippen molar-refractivity contribution < 1.29 is 4.79 Å². The number of hydrogen-bond donors (Lipinski definition) is 1. The van der Waals surface area contributed by atoms with Crippen molar-refractivity contribution in [3.63, 3.8) is 0 Å². The molecule has 0 saturated carbocycles. The van der Waals surface area contributed by atoms with Crippen LogP contribution < -0.4 is 5.32 Å². The van der Waals surface area contributed by atoms with Gasteiger partial charge in [0.2, 0.25) is 5.91 Å². The number of carbonyl (C=O) groups is 1. The fraction of sp³-hybridized carbons (Fsp3) is 0.643. The van der Waals surface area contributed by atoms with Crippen LogP contribution in [0.1, 0.15) is 23.4 Å². The third-order valence-electron chi connectivity index (χ3n) is 3.63. The van der Waals surface area contributed by atoms with Crippen molar-refractivity contribution in [1.82, 2.24) is 20.2 Å².